The van der Waals surface area contributed by atoms with Crippen LogP contribution in [0.2, 0.25) is 0 Å². The van der Waals surface area contributed by atoms with E-state index in [0.717, 1.165) is 31.1 Å². The molecular weight excluding hydrogens is 428 g/mol. The second kappa shape index (κ2) is 12.8. The third kappa shape index (κ3) is 7.49. The maximum atomic E-state index is 10.8. The molecule has 4 rings (SSSR count). The molecule has 2 aromatic heterocycles. The van der Waals surface area contributed by atoms with Crippen molar-refractivity contribution in [3.63, 3.8) is 0 Å². The summed E-state index contributed by atoms with van der Waals surface area (Å²) in [4.78, 5) is 2.41. The Morgan fingerprint density at radius 1 is 1.12 bits per heavy atom. The molecule has 184 valence electrons. The van der Waals surface area contributed by atoms with Crippen LogP contribution in [0, 0.1) is 5.92 Å². The van der Waals surface area contributed by atoms with Gasteiger partial charge in [-0.05, 0) is 60.7 Å². The Kier molecular flexibility index (Phi) is 9.25. The van der Waals surface area contributed by atoms with Gasteiger partial charge in [0, 0.05) is 38.1 Å². The molecule has 34 heavy (non-hydrogen) atoms. The lowest BCUT2D eigenvalue weighted by molar-refractivity contribution is 0.000333. The van der Waals surface area contributed by atoms with Gasteiger partial charge >= 0.3 is 0 Å². The summed E-state index contributed by atoms with van der Waals surface area (Å²) in [6, 6.07) is 16.3. The van der Waals surface area contributed by atoms with Crippen LogP contribution in [0.3, 0.4) is 0 Å². The molecule has 1 N–H and O–H groups in total. The van der Waals surface area contributed by atoms with E-state index in [-0.39, 0.29) is 0 Å². The monoisotopic (exact) mass is 466 g/mol. The largest absolute Gasteiger partial charge is 0.497 e. The second-order valence-electron chi connectivity index (χ2n) is 9.43. The molecule has 0 bridgehead atoms. The highest BCUT2D eigenvalue weighted by Gasteiger charge is 2.21. The molecule has 1 aliphatic carbocycles. The lowest BCUT2D eigenvalue weighted by atomic mass is 9.89. The Balaban J connectivity index is 1.38. The van der Waals surface area contributed by atoms with E-state index < -0.39 is 6.10 Å². The number of hydrogen-bond acceptors (Lipinski definition) is 5. The van der Waals surface area contributed by atoms with Gasteiger partial charge in [-0.25, -0.2) is 0 Å². The average molecular weight is 467 g/mol. The molecule has 0 spiro atoms. The number of hydrogen-bond donors (Lipinski definition) is 1. The highest BCUT2D eigenvalue weighted by molar-refractivity contribution is 5.29. The third-order valence-electron chi connectivity index (χ3n) is 6.64. The zero-order chi connectivity index (χ0) is 23.6. The molecule has 3 aromatic rings. The van der Waals surface area contributed by atoms with Crippen LogP contribution < -0.4 is 4.74 Å². The first-order chi connectivity index (χ1) is 16.7. The predicted octanol–water partition coefficient (Wildman–Crippen LogP) is 5.10. The standard InChI is InChI=1S/C28H38N2O4/c1-32-27-12-5-10-24(16-27)18-30-14-6-11-25(30)19-29(17-23-8-3-2-4-9-23)20-26(31)21-33-22-28-13-7-15-34-28/h5-7,10-16,23,26,31H,2-4,8-9,17-22H2,1H3/t26-/m1/s1. The highest BCUT2D eigenvalue weighted by atomic mass is 16.5. The van der Waals surface area contributed by atoms with Gasteiger partial charge in [-0.2, -0.15) is 0 Å². The first-order valence-electron chi connectivity index (χ1n) is 12.5. The second-order valence-corrected chi connectivity index (χ2v) is 9.43. The number of methoxy groups -OCH3 is 1. The van der Waals surface area contributed by atoms with Gasteiger partial charge in [-0.15, -0.1) is 0 Å². The first-order valence-corrected chi connectivity index (χ1v) is 12.5. The van der Waals surface area contributed by atoms with Crippen LogP contribution >= 0.6 is 0 Å². The van der Waals surface area contributed by atoms with Gasteiger partial charge in [0.2, 0.25) is 0 Å². The van der Waals surface area contributed by atoms with Crippen LogP contribution in [0.15, 0.2) is 65.4 Å². The molecule has 6 nitrogen and oxygen atoms in total. The summed E-state index contributed by atoms with van der Waals surface area (Å²) in [6.45, 7) is 3.90. The summed E-state index contributed by atoms with van der Waals surface area (Å²) < 4.78 is 18.7. The minimum atomic E-state index is -0.541. The predicted molar refractivity (Wildman–Crippen MR) is 133 cm³/mol. The SMILES string of the molecule is COc1cccc(Cn2cccc2CN(CC2CCCCC2)C[C@@H](O)COCc2ccco2)c1. The van der Waals surface area contributed by atoms with Crippen LogP contribution in [-0.4, -0.2) is 47.5 Å². The van der Waals surface area contributed by atoms with Gasteiger partial charge in [0.05, 0.1) is 26.1 Å². The lowest BCUT2D eigenvalue weighted by Gasteiger charge is -2.31. The maximum absolute atomic E-state index is 10.8. The Morgan fingerprint density at radius 3 is 2.79 bits per heavy atom. The molecule has 1 fully saturated rings. The van der Waals surface area contributed by atoms with Gasteiger partial charge in [-0.3, -0.25) is 4.90 Å². The van der Waals surface area contributed by atoms with Crippen molar-refractivity contribution in [3.05, 3.63) is 78.0 Å². The molecule has 6 heteroatoms. The van der Waals surface area contributed by atoms with E-state index in [1.807, 2.05) is 24.3 Å². The minimum Gasteiger partial charge on any atom is -0.497 e. The van der Waals surface area contributed by atoms with E-state index in [1.54, 1.807) is 13.4 Å². The normalized spacial score (nSPS) is 15.6. The summed E-state index contributed by atoms with van der Waals surface area (Å²) in [5, 5.41) is 10.8. The van der Waals surface area contributed by atoms with Gasteiger partial charge in [0.15, 0.2) is 0 Å². The molecule has 0 radical (unpaired) electrons. The third-order valence-corrected chi connectivity index (χ3v) is 6.64. The smallest absolute Gasteiger partial charge is 0.129 e. The molecule has 2 heterocycles. The molecule has 0 unspecified atom stereocenters. The molecule has 1 aromatic carbocycles. The number of ether oxygens (including phenoxy) is 2. The van der Waals surface area contributed by atoms with Crippen molar-refractivity contribution in [1.82, 2.24) is 9.47 Å². The minimum absolute atomic E-state index is 0.298. The Morgan fingerprint density at radius 2 is 2.00 bits per heavy atom. The highest BCUT2D eigenvalue weighted by Crippen LogP contribution is 2.25. The Hall–Kier alpha value is -2.54. The van der Waals surface area contributed by atoms with Crippen molar-refractivity contribution in [1.29, 1.82) is 0 Å². The Bertz CT molecular complexity index is 962. The summed E-state index contributed by atoms with van der Waals surface area (Å²) in [5.41, 5.74) is 2.46. The van der Waals surface area contributed by atoms with Crippen LogP contribution in [-0.2, 0) is 24.4 Å². The van der Waals surface area contributed by atoms with Crippen molar-refractivity contribution in [2.24, 2.45) is 5.92 Å². The molecule has 0 amide bonds. The first kappa shape index (κ1) is 24.6. The van der Waals surface area contributed by atoms with Gasteiger partial charge in [-0.1, -0.05) is 31.4 Å². The molecule has 1 atom stereocenters. The lowest BCUT2D eigenvalue weighted by Crippen LogP contribution is -2.38. The van der Waals surface area contributed by atoms with E-state index in [1.165, 1.54) is 43.4 Å². The number of benzene rings is 1. The molecule has 0 saturated heterocycles. The molecular formula is C28H38N2O4. The van der Waals surface area contributed by atoms with Gasteiger partial charge in [0.25, 0.3) is 0 Å². The van der Waals surface area contributed by atoms with Crippen molar-refractivity contribution < 1.29 is 19.0 Å². The molecule has 0 aliphatic heterocycles. The molecule has 1 saturated carbocycles. The van der Waals surface area contributed by atoms with Crippen molar-refractivity contribution in [2.45, 2.75) is 57.9 Å². The summed E-state index contributed by atoms with van der Waals surface area (Å²) in [7, 11) is 1.70. The fraction of sp³-hybridized carbons (Fsp3) is 0.500. The summed E-state index contributed by atoms with van der Waals surface area (Å²) in [5.74, 6) is 2.36. The van der Waals surface area contributed by atoms with E-state index in [2.05, 4.69) is 39.9 Å². The summed E-state index contributed by atoms with van der Waals surface area (Å²) >= 11 is 0. The topological polar surface area (TPSA) is 60.0 Å². The van der Waals surface area contributed by atoms with E-state index in [0.29, 0.717) is 25.7 Å². The fourth-order valence-corrected chi connectivity index (χ4v) is 4.92. The average Bonchev–Trinajstić information content (AvgIpc) is 3.52. The Labute approximate surface area is 203 Å². The van der Waals surface area contributed by atoms with Gasteiger partial charge < -0.3 is 23.6 Å². The number of furan rings is 1. The number of aliphatic hydroxyl groups excluding tert-OH is 1. The zero-order valence-corrected chi connectivity index (χ0v) is 20.3. The van der Waals surface area contributed by atoms with Crippen LogP contribution in [0.25, 0.3) is 0 Å². The van der Waals surface area contributed by atoms with Crippen molar-refractivity contribution in [2.75, 3.05) is 26.8 Å². The number of aromatic nitrogens is 1. The van der Waals surface area contributed by atoms with E-state index in [9.17, 15) is 5.11 Å². The van der Waals surface area contributed by atoms with Gasteiger partial charge in [0.1, 0.15) is 18.1 Å². The van der Waals surface area contributed by atoms with Crippen LogP contribution in [0.1, 0.15) is 49.1 Å². The number of nitrogens with zero attached hydrogens (tertiary/aromatic N) is 2. The van der Waals surface area contributed by atoms with Crippen molar-refractivity contribution in [3.8, 4) is 5.75 Å². The summed E-state index contributed by atoms with van der Waals surface area (Å²) in [6.07, 6.45) is 9.79. The van der Waals surface area contributed by atoms with Crippen LogP contribution in [0.5, 0.6) is 5.75 Å². The fourth-order valence-electron chi connectivity index (χ4n) is 4.92. The zero-order valence-electron chi connectivity index (χ0n) is 20.3. The maximum Gasteiger partial charge on any atom is 0.129 e. The quantitative estimate of drug-likeness (QED) is 0.380. The van der Waals surface area contributed by atoms with Crippen molar-refractivity contribution >= 4 is 0 Å². The van der Waals surface area contributed by atoms with E-state index >= 15 is 0 Å². The molecule has 1 aliphatic rings. The van der Waals surface area contributed by atoms with Crippen LogP contribution in [0.4, 0.5) is 0 Å². The van der Waals surface area contributed by atoms with E-state index in [4.69, 9.17) is 13.9 Å². The number of rotatable bonds is 13. The number of aliphatic hydroxyl groups is 1.